The summed E-state index contributed by atoms with van der Waals surface area (Å²) in [7, 11) is 0. The second kappa shape index (κ2) is 5.39. The number of hydrogen-bond donors (Lipinski definition) is 0. The molecule has 1 aromatic carbocycles. The second-order valence-corrected chi connectivity index (χ2v) is 5.61. The molecular formula is C13H7Cl3N4O2. The van der Waals surface area contributed by atoms with Crippen LogP contribution >= 0.6 is 34.8 Å². The highest BCUT2D eigenvalue weighted by Crippen LogP contribution is 2.28. The molecule has 9 heteroatoms. The van der Waals surface area contributed by atoms with E-state index in [9.17, 15) is 9.59 Å². The average molecular weight is 358 g/mol. The van der Waals surface area contributed by atoms with E-state index in [2.05, 4.69) is 10.2 Å². The summed E-state index contributed by atoms with van der Waals surface area (Å²) in [5.41, 5.74) is 0.948. The third-order valence-corrected chi connectivity index (χ3v) is 3.91. The van der Waals surface area contributed by atoms with Gasteiger partial charge in [0.05, 0.1) is 10.0 Å². The second-order valence-electron chi connectivity index (χ2n) is 4.46. The maximum absolute atomic E-state index is 11.7. The molecule has 0 bridgehead atoms. The van der Waals surface area contributed by atoms with Crippen LogP contribution in [0.2, 0.25) is 10.0 Å². The molecule has 0 fully saturated rings. The first-order chi connectivity index (χ1) is 10.4. The van der Waals surface area contributed by atoms with Gasteiger partial charge in [0.1, 0.15) is 5.69 Å². The van der Waals surface area contributed by atoms with E-state index in [4.69, 9.17) is 34.8 Å². The molecular weight excluding hydrogens is 351 g/mol. The van der Waals surface area contributed by atoms with E-state index >= 15 is 0 Å². The van der Waals surface area contributed by atoms with E-state index in [0.29, 0.717) is 27.1 Å². The molecule has 0 aliphatic heterocycles. The zero-order chi connectivity index (χ0) is 16.0. The summed E-state index contributed by atoms with van der Waals surface area (Å²) in [5.74, 6) is 0.0118. The van der Waals surface area contributed by atoms with Gasteiger partial charge in [0.25, 0.3) is 5.24 Å². The van der Waals surface area contributed by atoms with E-state index in [-0.39, 0.29) is 11.6 Å². The molecule has 3 rings (SSSR count). The number of hydrogen-bond acceptors (Lipinski definition) is 4. The fourth-order valence-electron chi connectivity index (χ4n) is 2.01. The number of nitrogens with zero attached hydrogens (tertiary/aromatic N) is 4. The van der Waals surface area contributed by atoms with Gasteiger partial charge in [-0.3, -0.25) is 9.59 Å². The number of halogens is 3. The predicted octanol–water partition coefficient (Wildman–Crippen LogP) is 3.54. The maximum atomic E-state index is 11.7. The van der Waals surface area contributed by atoms with Crippen LogP contribution in [0.25, 0.3) is 17.0 Å². The van der Waals surface area contributed by atoms with Gasteiger partial charge in [-0.2, -0.15) is 14.3 Å². The van der Waals surface area contributed by atoms with Crippen LogP contribution in [0.1, 0.15) is 22.2 Å². The highest BCUT2D eigenvalue weighted by atomic mass is 35.5. The van der Waals surface area contributed by atoms with Gasteiger partial charge in [-0.15, -0.1) is 5.10 Å². The molecule has 2 heterocycles. The zero-order valence-electron chi connectivity index (χ0n) is 11.0. The summed E-state index contributed by atoms with van der Waals surface area (Å²) < 4.78 is 2.49. The van der Waals surface area contributed by atoms with Crippen molar-refractivity contribution in [1.82, 2.24) is 19.4 Å². The number of carbonyl (C=O) groups excluding carboxylic acids is 2. The molecule has 0 saturated carbocycles. The summed E-state index contributed by atoms with van der Waals surface area (Å²) in [6.45, 7) is 1.35. The lowest BCUT2D eigenvalue weighted by Crippen LogP contribution is -2.07. The molecule has 6 nitrogen and oxygen atoms in total. The van der Waals surface area contributed by atoms with Gasteiger partial charge in [0.2, 0.25) is 5.91 Å². The monoisotopic (exact) mass is 356 g/mol. The van der Waals surface area contributed by atoms with E-state index < -0.39 is 5.24 Å². The lowest BCUT2D eigenvalue weighted by atomic mass is 10.2. The first kappa shape index (κ1) is 15.0. The zero-order valence-corrected chi connectivity index (χ0v) is 13.3. The fourth-order valence-corrected chi connectivity index (χ4v) is 2.40. The Hall–Kier alpha value is -1.89. The number of carbonyl (C=O) groups is 2. The first-order valence-corrected chi connectivity index (χ1v) is 7.17. The van der Waals surface area contributed by atoms with Crippen molar-refractivity contribution in [3.05, 3.63) is 40.0 Å². The summed E-state index contributed by atoms with van der Waals surface area (Å²) >= 11 is 17.3. The van der Waals surface area contributed by atoms with Crippen LogP contribution in [0.4, 0.5) is 0 Å². The van der Waals surface area contributed by atoms with E-state index in [1.807, 2.05) is 0 Å². The largest absolute Gasteiger partial charge is 0.274 e. The Labute approximate surface area is 139 Å². The minimum Gasteiger partial charge on any atom is -0.274 e. The van der Waals surface area contributed by atoms with Gasteiger partial charge >= 0.3 is 0 Å². The molecule has 0 atom stereocenters. The number of benzene rings is 1. The lowest BCUT2D eigenvalue weighted by molar-refractivity contribution is 0.0926. The summed E-state index contributed by atoms with van der Waals surface area (Å²) in [6, 6.07) is 6.28. The quantitative estimate of drug-likeness (QED) is 0.658. The Bertz CT molecular complexity index is 929. The van der Waals surface area contributed by atoms with Gasteiger partial charge in [-0.05, 0) is 29.8 Å². The highest BCUT2D eigenvalue weighted by molar-refractivity contribution is 6.67. The molecule has 0 spiro atoms. The molecule has 0 saturated heterocycles. The Morgan fingerprint density at radius 1 is 1.09 bits per heavy atom. The summed E-state index contributed by atoms with van der Waals surface area (Å²) in [5, 5.41) is 8.28. The van der Waals surface area contributed by atoms with Crippen LogP contribution in [-0.4, -0.2) is 30.5 Å². The Morgan fingerprint density at radius 2 is 1.82 bits per heavy atom. The van der Waals surface area contributed by atoms with Crippen LogP contribution in [0.15, 0.2) is 24.3 Å². The number of aromatic nitrogens is 4. The van der Waals surface area contributed by atoms with Gasteiger partial charge in [0.15, 0.2) is 11.5 Å². The standard InChI is InChI=1S/C13H7Cl3N4O2/c1-6(21)19-11-5-10(12(16)22)17-20(11)13(18-19)7-2-3-8(14)9(15)4-7/h2-5H,1H3. The lowest BCUT2D eigenvalue weighted by Gasteiger charge is -2.00. The van der Waals surface area contributed by atoms with Crippen LogP contribution in [-0.2, 0) is 0 Å². The summed E-state index contributed by atoms with van der Waals surface area (Å²) in [6.07, 6.45) is 0. The molecule has 0 unspecified atom stereocenters. The van der Waals surface area contributed by atoms with E-state index in [1.165, 1.54) is 17.5 Å². The fraction of sp³-hybridized carbons (Fsp3) is 0.0769. The van der Waals surface area contributed by atoms with Crippen molar-refractivity contribution in [3.63, 3.8) is 0 Å². The van der Waals surface area contributed by atoms with Crippen LogP contribution in [0, 0.1) is 0 Å². The van der Waals surface area contributed by atoms with Gasteiger partial charge in [-0.25, -0.2) is 0 Å². The third-order valence-electron chi connectivity index (χ3n) is 2.98. The normalized spacial score (nSPS) is 11.1. The van der Waals surface area contributed by atoms with Crippen molar-refractivity contribution in [2.45, 2.75) is 6.92 Å². The van der Waals surface area contributed by atoms with Crippen molar-refractivity contribution in [2.75, 3.05) is 0 Å². The van der Waals surface area contributed by atoms with E-state index in [1.54, 1.807) is 18.2 Å². The van der Waals surface area contributed by atoms with Crippen LogP contribution in [0.3, 0.4) is 0 Å². The van der Waals surface area contributed by atoms with Crippen LogP contribution < -0.4 is 0 Å². The van der Waals surface area contributed by atoms with Crippen molar-refractivity contribution >= 4 is 51.6 Å². The van der Waals surface area contributed by atoms with Crippen molar-refractivity contribution in [2.24, 2.45) is 0 Å². The minimum atomic E-state index is -0.723. The van der Waals surface area contributed by atoms with Gasteiger partial charge in [-0.1, -0.05) is 23.2 Å². The maximum Gasteiger partial charge on any atom is 0.272 e. The number of rotatable bonds is 2. The third kappa shape index (κ3) is 2.39. The molecule has 0 amide bonds. The molecule has 0 aliphatic rings. The van der Waals surface area contributed by atoms with Gasteiger partial charge < -0.3 is 0 Å². The van der Waals surface area contributed by atoms with E-state index in [0.717, 1.165) is 4.68 Å². The molecule has 3 aromatic rings. The van der Waals surface area contributed by atoms with Crippen molar-refractivity contribution in [3.8, 4) is 11.4 Å². The Balaban J connectivity index is 2.30. The Kier molecular flexibility index (Phi) is 3.68. The molecule has 112 valence electrons. The molecule has 0 radical (unpaired) electrons. The predicted molar refractivity (Wildman–Crippen MR) is 82.9 cm³/mol. The summed E-state index contributed by atoms with van der Waals surface area (Å²) in [4.78, 5) is 23.0. The number of fused-ring (bicyclic) bond motifs is 1. The van der Waals surface area contributed by atoms with Gasteiger partial charge in [0, 0.05) is 18.6 Å². The molecule has 0 N–H and O–H groups in total. The Morgan fingerprint density at radius 3 is 2.41 bits per heavy atom. The SMILES string of the molecule is CC(=O)n1nc(-c2ccc(Cl)c(Cl)c2)n2nc(C(=O)Cl)cc12. The highest BCUT2D eigenvalue weighted by Gasteiger charge is 2.20. The van der Waals surface area contributed by atoms with Crippen LogP contribution in [0.5, 0.6) is 0 Å². The minimum absolute atomic E-state index is 0.0235. The molecule has 0 aliphatic carbocycles. The first-order valence-electron chi connectivity index (χ1n) is 6.03. The molecule has 22 heavy (non-hydrogen) atoms. The average Bonchev–Trinajstić information content (AvgIpc) is 3.00. The van der Waals surface area contributed by atoms with Crippen molar-refractivity contribution < 1.29 is 9.59 Å². The smallest absolute Gasteiger partial charge is 0.272 e. The molecule has 2 aromatic heterocycles. The van der Waals surface area contributed by atoms with Crippen molar-refractivity contribution in [1.29, 1.82) is 0 Å². The topological polar surface area (TPSA) is 69.3 Å².